The standard InChI is InChI=1S/C3H7ClOSi/c4-2-1-3-6-5/h1-2,5H,3,6H2. The average Bonchev–Trinajstić information content (AvgIpc) is 1.61. The van der Waals surface area contributed by atoms with E-state index < -0.39 is 9.76 Å². The molecule has 0 aliphatic rings. The van der Waals surface area contributed by atoms with Crippen LogP contribution in [0.15, 0.2) is 11.6 Å². The molecule has 0 amide bonds. The zero-order chi connectivity index (χ0) is 4.83. The summed E-state index contributed by atoms with van der Waals surface area (Å²) in [5, 5.41) is 0. The highest BCUT2D eigenvalue weighted by Crippen LogP contribution is 1.81. The lowest BCUT2D eigenvalue weighted by molar-refractivity contribution is 0.605. The fourth-order valence-electron chi connectivity index (χ4n) is 0.138. The third-order valence-electron chi connectivity index (χ3n) is 0.385. The molecular weight excluding hydrogens is 116 g/mol. The Hall–Kier alpha value is 0.207. The third-order valence-corrected chi connectivity index (χ3v) is 1.15. The number of rotatable bonds is 2. The maximum Gasteiger partial charge on any atom is 0.160 e. The Morgan fingerprint density at radius 3 is 2.67 bits per heavy atom. The van der Waals surface area contributed by atoms with Gasteiger partial charge in [-0.3, -0.25) is 0 Å². The van der Waals surface area contributed by atoms with Gasteiger partial charge in [-0.05, 0) is 6.04 Å². The minimum Gasteiger partial charge on any atom is -0.438 e. The van der Waals surface area contributed by atoms with Gasteiger partial charge in [0.2, 0.25) is 0 Å². The summed E-state index contributed by atoms with van der Waals surface area (Å²) in [5.74, 6) is 0. The van der Waals surface area contributed by atoms with E-state index in [2.05, 4.69) is 0 Å². The van der Waals surface area contributed by atoms with Crippen LogP contribution in [0.5, 0.6) is 0 Å². The zero-order valence-corrected chi connectivity index (χ0v) is 5.56. The van der Waals surface area contributed by atoms with E-state index in [1.165, 1.54) is 5.54 Å². The molecule has 1 N–H and O–H groups in total. The fourth-order valence-corrected chi connectivity index (χ4v) is 0.791. The molecule has 6 heavy (non-hydrogen) atoms. The maximum absolute atomic E-state index is 8.23. The van der Waals surface area contributed by atoms with E-state index in [1.54, 1.807) is 6.08 Å². The van der Waals surface area contributed by atoms with Crippen molar-refractivity contribution in [2.75, 3.05) is 0 Å². The van der Waals surface area contributed by atoms with Crippen molar-refractivity contribution >= 4 is 21.4 Å². The van der Waals surface area contributed by atoms with E-state index in [0.29, 0.717) is 0 Å². The minimum atomic E-state index is -0.768. The number of allylic oxidation sites excluding steroid dienone is 1. The Morgan fingerprint density at radius 1 is 1.83 bits per heavy atom. The van der Waals surface area contributed by atoms with Crippen molar-refractivity contribution in [2.45, 2.75) is 6.04 Å². The molecule has 0 aromatic heterocycles. The van der Waals surface area contributed by atoms with Crippen LogP contribution >= 0.6 is 11.6 Å². The first kappa shape index (κ1) is 6.21. The first-order valence-corrected chi connectivity index (χ1v) is 3.84. The van der Waals surface area contributed by atoms with Crippen molar-refractivity contribution in [3.63, 3.8) is 0 Å². The Morgan fingerprint density at radius 2 is 2.50 bits per heavy atom. The maximum atomic E-state index is 8.23. The smallest absolute Gasteiger partial charge is 0.160 e. The lowest BCUT2D eigenvalue weighted by Crippen LogP contribution is -1.78. The van der Waals surface area contributed by atoms with Gasteiger partial charge in [0.25, 0.3) is 0 Å². The van der Waals surface area contributed by atoms with Gasteiger partial charge in [0, 0.05) is 5.54 Å². The molecule has 1 nitrogen and oxygen atoms in total. The second-order valence-corrected chi connectivity index (χ2v) is 2.15. The molecule has 0 aromatic rings. The fraction of sp³-hybridized carbons (Fsp3) is 0.333. The second-order valence-electron chi connectivity index (χ2n) is 0.874. The molecule has 0 aliphatic heterocycles. The van der Waals surface area contributed by atoms with Crippen molar-refractivity contribution in [3.05, 3.63) is 11.6 Å². The van der Waals surface area contributed by atoms with Gasteiger partial charge in [-0.1, -0.05) is 17.7 Å². The van der Waals surface area contributed by atoms with Crippen molar-refractivity contribution in [1.82, 2.24) is 0 Å². The summed E-state index contributed by atoms with van der Waals surface area (Å²) >= 11 is 5.11. The number of hydrogen-bond acceptors (Lipinski definition) is 1. The topological polar surface area (TPSA) is 20.2 Å². The van der Waals surface area contributed by atoms with Crippen molar-refractivity contribution < 1.29 is 4.80 Å². The monoisotopic (exact) mass is 122 g/mol. The Kier molecular flexibility index (Phi) is 5.39. The van der Waals surface area contributed by atoms with Crippen molar-refractivity contribution in [2.24, 2.45) is 0 Å². The van der Waals surface area contributed by atoms with E-state index in [4.69, 9.17) is 16.4 Å². The Bertz CT molecular complexity index is 46.1. The van der Waals surface area contributed by atoms with E-state index in [1.807, 2.05) is 0 Å². The molecule has 3 heteroatoms. The third kappa shape index (κ3) is 4.21. The normalized spacial score (nSPS) is 12.3. The van der Waals surface area contributed by atoms with Crippen LogP contribution < -0.4 is 0 Å². The number of halogens is 1. The van der Waals surface area contributed by atoms with Gasteiger partial charge in [-0.25, -0.2) is 0 Å². The van der Waals surface area contributed by atoms with E-state index in [-0.39, 0.29) is 0 Å². The van der Waals surface area contributed by atoms with Gasteiger partial charge in [0.15, 0.2) is 9.76 Å². The molecule has 0 saturated carbocycles. The molecule has 0 radical (unpaired) electrons. The SMILES string of the molecule is O[SiH2]CC=CCl. The summed E-state index contributed by atoms with van der Waals surface area (Å²) in [4.78, 5) is 8.23. The summed E-state index contributed by atoms with van der Waals surface area (Å²) in [6.07, 6.45) is 1.76. The van der Waals surface area contributed by atoms with Crippen LogP contribution in [0.1, 0.15) is 0 Å². The summed E-state index contributed by atoms with van der Waals surface area (Å²) in [6, 6.07) is 0.795. The van der Waals surface area contributed by atoms with Crippen LogP contribution in [0.3, 0.4) is 0 Å². The average molecular weight is 123 g/mol. The van der Waals surface area contributed by atoms with Gasteiger partial charge >= 0.3 is 0 Å². The van der Waals surface area contributed by atoms with Gasteiger partial charge in [0.1, 0.15) is 0 Å². The highest BCUT2D eigenvalue weighted by atomic mass is 35.5. The summed E-state index contributed by atoms with van der Waals surface area (Å²) in [6.45, 7) is 0. The molecular formula is C3H7ClOSi. The van der Waals surface area contributed by atoms with Crippen LogP contribution in [0, 0.1) is 0 Å². The van der Waals surface area contributed by atoms with Crippen LogP contribution in [-0.4, -0.2) is 14.6 Å². The largest absolute Gasteiger partial charge is 0.438 e. The van der Waals surface area contributed by atoms with Gasteiger partial charge < -0.3 is 4.80 Å². The molecule has 0 unspecified atom stereocenters. The summed E-state index contributed by atoms with van der Waals surface area (Å²) in [5.41, 5.74) is 1.43. The lowest BCUT2D eigenvalue weighted by atomic mass is 10.8. The molecule has 0 heterocycles. The van der Waals surface area contributed by atoms with E-state index in [0.717, 1.165) is 6.04 Å². The van der Waals surface area contributed by atoms with Crippen LogP contribution in [0.2, 0.25) is 6.04 Å². The van der Waals surface area contributed by atoms with Crippen LogP contribution in [-0.2, 0) is 0 Å². The number of hydrogen-bond donors (Lipinski definition) is 1. The minimum absolute atomic E-state index is 0.768. The molecule has 0 bridgehead atoms. The Labute approximate surface area is 44.6 Å². The van der Waals surface area contributed by atoms with E-state index in [9.17, 15) is 0 Å². The lowest BCUT2D eigenvalue weighted by Gasteiger charge is -1.73. The van der Waals surface area contributed by atoms with E-state index >= 15 is 0 Å². The van der Waals surface area contributed by atoms with Crippen LogP contribution in [0.25, 0.3) is 0 Å². The predicted octanol–water partition coefficient (Wildman–Crippen LogP) is 0.233. The molecule has 36 valence electrons. The quantitative estimate of drug-likeness (QED) is 0.520. The Balaban J connectivity index is 2.66. The summed E-state index contributed by atoms with van der Waals surface area (Å²) < 4.78 is 0. The highest BCUT2D eigenvalue weighted by Gasteiger charge is 1.69. The zero-order valence-electron chi connectivity index (χ0n) is 3.39. The van der Waals surface area contributed by atoms with Gasteiger partial charge in [0.05, 0.1) is 0 Å². The first-order valence-electron chi connectivity index (χ1n) is 1.78. The molecule has 0 spiro atoms. The first-order chi connectivity index (χ1) is 2.91. The summed E-state index contributed by atoms with van der Waals surface area (Å²) in [7, 11) is -0.768. The van der Waals surface area contributed by atoms with Crippen molar-refractivity contribution in [3.8, 4) is 0 Å². The molecule has 0 aliphatic carbocycles. The predicted molar refractivity (Wildman–Crippen MR) is 30.6 cm³/mol. The second kappa shape index (κ2) is 5.21. The van der Waals surface area contributed by atoms with Crippen molar-refractivity contribution in [1.29, 1.82) is 0 Å². The molecule has 0 aromatic carbocycles. The molecule has 0 rings (SSSR count). The van der Waals surface area contributed by atoms with Crippen LogP contribution in [0.4, 0.5) is 0 Å². The molecule has 0 fully saturated rings. The van der Waals surface area contributed by atoms with Gasteiger partial charge in [-0.2, -0.15) is 0 Å². The molecule has 0 saturated heterocycles. The van der Waals surface area contributed by atoms with Gasteiger partial charge in [-0.15, -0.1) is 0 Å². The molecule has 0 atom stereocenters. The highest BCUT2D eigenvalue weighted by molar-refractivity contribution is 6.28.